The van der Waals surface area contributed by atoms with Crippen molar-refractivity contribution in [2.75, 3.05) is 13.6 Å². The lowest BCUT2D eigenvalue weighted by molar-refractivity contribution is 0.0612. The second-order valence-electron chi connectivity index (χ2n) is 6.71. The standard InChI is InChI=1S/C18H28FNO/c1-13-8-4-7-11-17(13)20(3)12-14(2)18(21)15-9-5-6-10-16(15)19/h5-6,9-10,13-14,17-18,21H,4,7-8,11-12H2,1-3H3. The summed E-state index contributed by atoms with van der Waals surface area (Å²) in [5.41, 5.74) is 0.412. The van der Waals surface area contributed by atoms with E-state index in [-0.39, 0.29) is 11.7 Å². The molecule has 0 bridgehead atoms. The van der Waals surface area contributed by atoms with E-state index in [2.05, 4.69) is 18.9 Å². The minimum atomic E-state index is -0.743. The second-order valence-corrected chi connectivity index (χ2v) is 6.71. The minimum Gasteiger partial charge on any atom is -0.388 e. The van der Waals surface area contributed by atoms with Crippen LogP contribution in [-0.4, -0.2) is 29.6 Å². The van der Waals surface area contributed by atoms with Gasteiger partial charge in [-0.15, -0.1) is 0 Å². The number of benzene rings is 1. The van der Waals surface area contributed by atoms with Crippen molar-refractivity contribution in [2.24, 2.45) is 11.8 Å². The Morgan fingerprint density at radius 2 is 1.95 bits per heavy atom. The fourth-order valence-electron chi connectivity index (χ4n) is 3.66. The van der Waals surface area contributed by atoms with Gasteiger partial charge in [-0.3, -0.25) is 0 Å². The highest BCUT2D eigenvalue weighted by atomic mass is 19.1. The van der Waals surface area contributed by atoms with Crippen LogP contribution >= 0.6 is 0 Å². The molecule has 21 heavy (non-hydrogen) atoms. The first-order valence-corrected chi connectivity index (χ1v) is 8.13. The summed E-state index contributed by atoms with van der Waals surface area (Å²) >= 11 is 0. The van der Waals surface area contributed by atoms with Crippen LogP contribution in [0.15, 0.2) is 24.3 Å². The van der Waals surface area contributed by atoms with Gasteiger partial charge in [-0.1, -0.05) is 44.9 Å². The molecular weight excluding hydrogens is 265 g/mol. The Bertz CT molecular complexity index is 451. The van der Waals surface area contributed by atoms with Gasteiger partial charge in [0.15, 0.2) is 0 Å². The molecule has 118 valence electrons. The lowest BCUT2D eigenvalue weighted by Gasteiger charge is -2.38. The molecule has 2 nitrogen and oxygen atoms in total. The first-order valence-electron chi connectivity index (χ1n) is 8.13. The van der Waals surface area contributed by atoms with E-state index in [1.54, 1.807) is 18.2 Å². The van der Waals surface area contributed by atoms with E-state index in [9.17, 15) is 9.50 Å². The predicted octanol–water partition coefficient (Wildman–Crippen LogP) is 4.01. The summed E-state index contributed by atoms with van der Waals surface area (Å²) in [7, 11) is 2.14. The molecule has 1 saturated carbocycles. The van der Waals surface area contributed by atoms with Gasteiger partial charge >= 0.3 is 0 Å². The zero-order chi connectivity index (χ0) is 15.4. The Labute approximate surface area is 128 Å². The summed E-state index contributed by atoms with van der Waals surface area (Å²) in [6.07, 6.45) is 4.41. The summed E-state index contributed by atoms with van der Waals surface area (Å²) < 4.78 is 13.8. The van der Waals surface area contributed by atoms with E-state index in [4.69, 9.17) is 0 Å². The molecule has 1 aliphatic carbocycles. The maximum Gasteiger partial charge on any atom is 0.129 e. The molecule has 3 heteroatoms. The molecule has 0 amide bonds. The van der Waals surface area contributed by atoms with E-state index in [0.717, 1.165) is 6.54 Å². The number of rotatable bonds is 5. The van der Waals surface area contributed by atoms with Crippen molar-refractivity contribution < 1.29 is 9.50 Å². The molecule has 1 aliphatic rings. The van der Waals surface area contributed by atoms with Gasteiger partial charge < -0.3 is 10.0 Å². The van der Waals surface area contributed by atoms with Crippen LogP contribution in [0.1, 0.15) is 51.2 Å². The Hall–Kier alpha value is -0.930. The van der Waals surface area contributed by atoms with Crippen LogP contribution in [0.3, 0.4) is 0 Å². The fourth-order valence-corrected chi connectivity index (χ4v) is 3.66. The highest BCUT2D eigenvalue weighted by Gasteiger charge is 2.28. The van der Waals surface area contributed by atoms with E-state index >= 15 is 0 Å². The van der Waals surface area contributed by atoms with Crippen molar-refractivity contribution in [3.63, 3.8) is 0 Å². The topological polar surface area (TPSA) is 23.5 Å². The lowest BCUT2D eigenvalue weighted by atomic mass is 9.84. The first kappa shape index (κ1) is 16.4. The molecule has 2 rings (SSSR count). The minimum absolute atomic E-state index is 0.0148. The van der Waals surface area contributed by atoms with Gasteiger partial charge in [-0.25, -0.2) is 4.39 Å². The number of aliphatic hydroxyl groups excluding tert-OH is 1. The number of hydrogen-bond acceptors (Lipinski definition) is 2. The third kappa shape index (κ3) is 4.04. The average Bonchev–Trinajstić information content (AvgIpc) is 2.47. The molecule has 1 aromatic carbocycles. The summed E-state index contributed by atoms with van der Waals surface area (Å²) in [6, 6.07) is 7.12. The molecule has 1 aromatic rings. The summed E-state index contributed by atoms with van der Waals surface area (Å²) in [4.78, 5) is 2.36. The molecule has 1 fully saturated rings. The molecule has 0 spiro atoms. The number of hydrogen-bond donors (Lipinski definition) is 1. The van der Waals surface area contributed by atoms with Crippen molar-refractivity contribution in [3.05, 3.63) is 35.6 Å². The van der Waals surface area contributed by atoms with Gasteiger partial charge in [-0.05, 0) is 37.8 Å². The van der Waals surface area contributed by atoms with E-state index in [0.29, 0.717) is 17.5 Å². The number of nitrogens with zero attached hydrogens (tertiary/aromatic N) is 1. The molecule has 0 aliphatic heterocycles. The van der Waals surface area contributed by atoms with Crippen LogP contribution in [0, 0.1) is 17.7 Å². The quantitative estimate of drug-likeness (QED) is 0.887. The third-order valence-electron chi connectivity index (χ3n) is 4.97. The van der Waals surface area contributed by atoms with Crippen LogP contribution in [0.25, 0.3) is 0 Å². The molecule has 0 aromatic heterocycles. The van der Waals surface area contributed by atoms with Crippen LogP contribution in [0.2, 0.25) is 0 Å². The number of halogens is 1. The highest BCUT2D eigenvalue weighted by molar-refractivity contribution is 5.20. The molecule has 0 radical (unpaired) electrons. The average molecular weight is 293 g/mol. The van der Waals surface area contributed by atoms with Crippen LogP contribution in [0.5, 0.6) is 0 Å². The number of aliphatic hydroxyl groups is 1. The molecule has 0 saturated heterocycles. The van der Waals surface area contributed by atoms with Gasteiger partial charge in [-0.2, -0.15) is 0 Å². The van der Waals surface area contributed by atoms with Crippen molar-refractivity contribution >= 4 is 0 Å². The second kappa shape index (κ2) is 7.37. The molecule has 4 unspecified atom stereocenters. The summed E-state index contributed by atoms with van der Waals surface area (Å²) in [6.45, 7) is 5.11. The zero-order valence-electron chi connectivity index (χ0n) is 13.4. The van der Waals surface area contributed by atoms with Crippen molar-refractivity contribution in [1.29, 1.82) is 0 Å². The Morgan fingerprint density at radius 3 is 2.62 bits per heavy atom. The Morgan fingerprint density at radius 1 is 1.29 bits per heavy atom. The molecule has 4 atom stereocenters. The summed E-state index contributed by atoms with van der Waals surface area (Å²) in [5, 5.41) is 10.4. The lowest BCUT2D eigenvalue weighted by Crippen LogP contribution is -2.41. The summed E-state index contributed by atoms with van der Waals surface area (Å²) in [5.74, 6) is 0.410. The van der Waals surface area contributed by atoms with Crippen molar-refractivity contribution in [3.8, 4) is 0 Å². The van der Waals surface area contributed by atoms with Gasteiger partial charge in [0.25, 0.3) is 0 Å². The monoisotopic (exact) mass is 293 g/mol. The normalized spacial score (nSPS) is 25.8. The third-order valence-corrected chi connectivity index (χ3v) is 4.97. The van der Waals surface area contributed by atoms with Gasteiger partial charge in [0.2, 0.25) is 0 Å². The van der Waals surface area contributed by atoms with E-state index in [1.807, 2.05) is 6.92 Å². The van der Waals surface area contributed by atoms with Crippen molar-refractivity contribution in [2.45, 2.75) is 51.7 Å². The maximum absolute atomic E-state index is 13.8. The first-order chi connectivity index (χ1) is 10.0. The van der Waals surface area contributed by atoms with Crippen LogP contribution in [0.4, 0.5) is 4.39 Å². The van der Waals surface area contributed by atoms with Crippen LogP contribution in [-0.2, 0) is 0 Å². The Balaban J connectivity index is 1.97. The van der Waals surface area contributed by atoms with E-state index in [1.165, 1.54) is 31.7 Å². The smallest absolute Gasteiger partial charge is 0.129 e. The molecular formula is C18H28FNO. The fraction of sp³-hybridized carbons (Fsp3) is 0.667. The SMILES string of the molecule is CC(CN(C)C1CCCCC1C)C(O)c1ccccc1F. The van der Waals surface area contributed by atoms with E-state index < -0.39 is 6.10 Å². The zero-order valence-corrected chi connectivity index (χ0v) is 13.4. The predicted molar refractivity (Wildman–Crippen MR) is 84.6 cm³/mol. The van der Waals surface area contributed by atoms with Crippen molar-refractivity contribution in [1.82, 2.24) is 4.90 Å². The molecule has 1 N–H and O–H groups in total. The largest absolute Gasteiger partial charge is 0.388 e. The highest BCUT2D eigenvalue weighted by Crippen LogP contribution is 2.30. The van der Waals surface area contributed by atoms with Crippen LogP contribution < -0.4 is 0 Å². The maximum atomic E-state index is 13.8. The van der Waals surface area contributed by atoms with Gasteiger partial charge in [0.1, 0.15) is 5.82 Å². The Kier molecular flexibility index (Phi) is 5.77. The van der Waals surface area contributed by atoms with Gasteiger partial charge in [0.05, 0.1) is 6.10 Å². The molecule has 0 heterocycles. The van der Waals surface area contributed by atoms with Gasteiger partial charge in [0, 0.05) is 18.2 Å².